The van der Waals surface area contributed by atoms with Crippen LogP contribution in [0.25, 0.3) is 0 Å². The van der Waals surface area contributed by atoms with Crippen molar-refractivity contribution in [2.24, 2.45) is 0 Å². The number of halogens is 1. The van der Waals surface area contributed by atoms with Gasteiger partial charge in [-0.2, -0.15) is 0 Å². The maximum atomic E-state index is 13.6. The van der Waals surface area contributed by atoms with Crippen molar-refractivity contribution < 1.29 is 27.4 Å². The third-order valence-corrected chi connectivity index (χ3v) is 7.68. The highest BCUT2D eigenvalue weighted by atomic mass is 35.5. The lowest BCUT2D eigenvalue weighted by atomic mass is 10.2. The predicted octanol–water partition coefficient (Wildman–Crippen LogP) is 3.09. The van der Waals surface area contributed by atoms with Crippen molar-refractivity contribution in [1.29, 1.82) is 0 Å². The number of aromatic nitrogens is 5. The third-order valence-electron chi connectivity index (χ3n) is 5.79. The summed E-state index contributed by atoms with van der Waals surface area (Å²) < 4.78 is 54.2. The summed E-state index contributed by atoms with van der Waals surface area (Å²) in [6.07, 6.45) is 2.92. The molecule has 0 aliphatic carbocycles. The van der Waals surface area contributed by atoms with Crippen LogP contribution in [0.2, 0.25) is 5.02 Å². The number of anilines is 1. The standard InChI is InChI=1S/C22H35ClN6O6S/c1-13(2)34-19(20-24-9-16(23)10-25-20)15(4)36(30,31)28-22-27-26-21(18-8-7-14(3)35-18)29(22)17(11-32-5)12-33-6/h9-10,13-15,17-19H,7-8,11-12H2,1-6H3,(H,27,28)/t14-,15-,18-,19+/m0/s1. The minimum Gasteiger partial charge on any atom is -0.382 e. The number of hydrogen-bond acceptors (Lipinski definition) is 10. The van der Waals surface area contributed by atoms with Crippen molar-refractivity contribution in [2.45, 2.75) is 76.2 Å². The molecule has 4 atom stereocenters. The van der Waals surface area contributed by atoms with Gasteiger partial charge in [-0.15, -0.1) is 10.2 Å². The molecule has 12 nitrogen and oxygen atoms in total. The van der Waals surface area contributed by atoms with E-state index in [1.54, 1.807) is 32.6 Å². The average molecular weight is 547 g/mol. The van der Waals surface area contributed by atoms with E-state index in [4.69, 9.17) is 30.5 Å². The fourth-order valence-corrected chi connectivity index (χ4v) is 5.24. The Morgan fingerprint density at radius 3 is 2.31 bits per heavy atom. The molecule has 1 fully saturated rings. The molecule has 0 radical (unpaired) electrons. The number of hydrogen-bond donors (Lipinski definition) is 1. The summed E-state index contributed by atoms with van der Waals surface area (Å²) in [5, 5.41) is 7.74. The van der Waals surface area contributed by atoms with Crippen LogP contribution in [-0.2, 0) is 29.0 Å². The molecular weight excluding hydrogens is 512 g/mol. The van der Waals surface area contributed by atoms with Crippen LogP contribution < -0.4 is 4.72 Å². The molecule has 1 aliphatic rings. The first kappa shape index (κ1) is 28.7. The summed E-state index contributed by atoms with van der Waals surface area (Å²) in [6, 6.07) is -0.389. The largest absolute Gasteiger partial charge is 0.382 e. The van der Waals surface area contributed by atoms with E-state index in [1.165, 1.54) is 19.3 Å². The van der Waals surface area contributed by atoms with Gasteiger partial charge in [-0.05, 0) is 40.5 Å². The van der Waals surface area contributed by atoms with E-state index in [0.29, 0.717) is 10.8 Å². The van der Waals surface area contributed by atoms with Gasteiger partial charge in [0.15, 0.2) is 11.6 Å². The zero-order chi connectivity index (χ0) is 26.5. The maximum Gasteiger partial charge on any atom is 0.240 e. The zero-order valence-corrected chi connectivity index (χ0v) is 23.0. The van der Waals surface area contributed by atoms with Crippen molar-refractivity contribution in [3.63, 3.8) is 0 Å². The Balaban J connectivity index is 1.97. The minimum absolute atomic E-state index is 0.0411. The molecule has 2 aromatic rings. The van der Waals surface area contributed by atoms with Crippen molar-refractivity contribution in [3.05, 3.63) is 29.1 Å². The summed E-state index contributed by atoms with van der Waals surface area (Å²) in [5.41, 5.74) is 0. The Morgan fingerprint density at radius 2 is 1.78 bits per heavy atom. The molecule has 3 rings (SSSR count). The molecular formula is C22H35ClN6O6S. The fraction of sp³-hybridized carbons (Fsp3) is 0.727. The molecule has 36 heavy (non-hydrogen) atoms. The molecule has 2 aromatic heterocycles. The molecule has 3 heterocycles. The first-order valence-corrected chi connectivity index (χ1v) is 13.7. The van der Waals surface area contributed by atoms with Gasteiger partial charge in [-0.25, -0.2) is 18.4 Å². The highest BCUT2D eigenvalue weighted by Gasteiger charge is 2.37. The van der Waals surface area contributed by atoms with Gasteiger partial charge in [0.2, 0.25) is 16.0 Å². The smallest absolute Gasteiger partial charge is 0.240 e. The number of rotatable bonds is 13. The van der Waals surface area contributed by atoms with Crippen molar-refractivity contribution in [1.82, 2.24) is 24.7 Å². The predicted molar refractivity (Wildman–Crippen MR) is 133 cm³/mol. The van der Waals surface area contributed by atoms with E-state index in [1.807, 2.05) is 6.92 Å². The summed E-state index contributed by atoms with van der Waals surface area (Å²) in [5.74, 6) is 0.761. The molecule has 0 unspecified atom stereocenters. The Labute approximate surface area is 217 Å². The molecule has 0 amide bonds. The SMILES string of the molecule is COCC(COC)n1c(NS(=O)(=O)[C@@H](C)[C@@H](OC(C)C)c2ncc(Cl)cn2)nnc1[C@@H]1CC[C@H](C)O1. The second-order valence-corrected chi connectivity index (χ2v) is 11.5. The first-order chi connectivity index (χ1) is 17.1. The molecule has 1 aliphatic heterocycles. The second-order valence-electron chi connectivity index (χ2n) is 9.05. The lowest BCUT2D eigenvalue weighted by Gasteiger charge is -2.26. The molecule has 0 bridgehead atoms. The quantitative estimate of drug-likeness (QED) is 0.398. The number of nitrogens with zero attached hydrogens (tertiary/aromatic N) is 5. The molecule has 1 saturated heterocycles. The Hall–Kier alpha value is -1.90. The van der Waals surface area contributed by atoms with Gasteiger partial charge >= 0.3 is 0 Å². The Bertz CT molecular complexity index is 1080. The molecule has 1 N–H and O–H groups in total. The maximum absolute atomic E-state index is 13.6. The van der Waals surface area contributed by atoms with Crippen LogP contribution in [0.5, 0.6) is 0 Å². The van der Waals surface area contributed by atoms with Crippen LogP contribution in [0, 0.1) is 0 Å². The van der Waals surface area contributed by atoms with Gasteiger partial charge in [0.25, 0.3) is 0 Å². The van der Waals surface area contributed by atoms with E-state index >= 15 is 0 Å². The molecule has 0 aromatic carbocycles. The van der Waals surface area contributed by atoms with Crippen LogP contribution in [0.3, 0.4) is 0 Å². The van der Waals surface area contributed by atoms with E-state index in [-0.39, 0.29) is 49.3 Å². The number of methoxy groups -OCH3 is 2. The monoisotopic (exact) mass is 546 g/mol. The van der Waals surface area contributed by atoms with E-state index < -0.39 is 21.4 Å². The van der Waals surface area contributed by atoms with Gasteiger partial charge in [-0.1, -0.05) is 11.6 Å². The summed E-state index contributed by atoms with van der Waals surface area (Å²) >= 11 is 5.92. The lowest BCUT2D eigenvalue weighted by molar-refractivity contribution is 0.00153. The minimum atomic E-state index is -4.06. The van der Waals surface area contributed by atoms with Crippen LogP contribution >= 0.6 is 11.6 Å². The molecule has 0 spiro atoms. The van der Waals surface area contributed by atoms with Crippen LogP contribution in [0.15, 0.2) is 12.4 Å². The van der Waals surface area contributed by atoms with Crippen molar-refractivity contribution in [2.75, 3.05) is 32.2 Å². The van der Waals surface area contributed by atoms with Gasteiger partial charge in [0, 0.05) is 26.6 Å². The summed E-state index contributed by atoms with van der Waals surface area (Å²) in [4.78, 5) is 8.38. The van der Waals surface area contributed by atoms with Crippen molar-refractivity contribution >= 4 is 27.6 Å². The Kier molecular flexibility index (Phi) is 10.0. The van der Waals surface area contributed by atoms with E-state index in [2.05, 4.69) is 24.9 Å². The average Bonchev–Trinajstić information content (AvgIpc) is 3.43. The van der Waals surface area contributed by atoms with Crippen LogP contribution in [0.1, 0.15) is 70.4 Å². The zero-order valence-electron chi connectivity index (χ0n) is 21.4. The van der Waals surface area contributed by atoms with Gasteiger partial charge < -0.3 is 18.9 Å². The van der Waals surface area contributed by atoms with Gasteiger partial charge in [-0.3, -0.25) is 9.29 Å². The molecule has 202 valence electrons. The van der Waals surface area contributed by atoms with Gasteiger partial charge in [0.05, 0.1) is 36.5 Å². The lowest BCUT2D eigenvalue weighted by Crippen LogP contribution is -2.35. The molecule has 14 heteroatoms. The second kappa shape index (κ2) is 12.6. The first-order valence-electron chi connectivity index (χ1n) is 11.8. The van der Waals surface area contributed by atoms with E-state index in [9.17, 15) is 8.42 Å². The molecule has 0 saturated carbocycles. The highest BCUT2D eigenvalue weighted by molar-refractivity contribution is 7.93. The fourth-order valence-electron chi connectivity index (χ4n) is 4.05. The summed E-state index contributed by atoms with van der Waals surface area (Å²) in [7, 11) is -0.933. The highest BCUT2D eigenvalue weighted by Crippen LogP contribution is 2.35. The number of sulfonamides is 1. The van der Waals surface area contributed by atoms with Crippen LogP contribution in [-0.4, -0.2) is 78.0 Å². The van der Waals surface area contributed by atoms with Crippen LogP contribution in [0.4, 0.5) is 5.95 Å². The van der Waals surface area contributed by atoms with E-state index in [0.717, 1.165) is 12.8 Å². The summed E-state index contributed by atoms with van der Waals surface area (Å²) in [6.45, 7) is 7.63. The van der Waals surface area contributed by atoms with Crippen molar-refractivity contribution in [3.8, 4) is 0 Å². The Morgan fingerprint density at radius 1 is 1.14 bits per heavy atom. The normalized spacial score (nSPS) is 20.2. The number of nitrogens with one attached hydrogen (secondary N) is 1. The topological polar surface area (TPSA) is 140 Å². The number of ether oxygens (including phenoxy) is 4. The van der Waals surface area contributed by atoms with Gasteiger partial charge in [0.1, 0.15) is 17.5 Å². The third kappa shape index (κ3) is 6.90.